The summed E-state index contributed by atoms with van der Waals surface area (Å²) >= 11 is 5.83. The predicted octanol–water partition coefficient (Wildman–Crippen LogP) is 7.25. The summed E-state index contributed by atoms with van der Waals surface area (Å²) in [5, 5.41) is 4.04. The van der Waals surface area contributed by atoms with E-state index in [1.54, 1.807) is 12.3 Å². The molecule has 2 atom stereocenters. The Labute approximate surface area is 219 Å². The first kappa shape index (κ1) is 25.0. The number of hydrogen-bond donors (Lipinski definition) is 1. The summed E-state index contributed by atoms with van der Waals surface area (Å²) in [5.41, 5.74) is 5.47. The molecule has 0 bridgehead atoms. The Hall–Kier alpha value is -3.65. The second-order valence-electron chi connectivity index (χ2n) is 9.23. The molecule has 0 radical (unpaired) electrons. The number of nitrogens with one attached hydrogen (secondary N) is 1. The molecular formula is C29H27F3N4S. The fraction of sp³-hybridized carbons (Fsp3) is 0.241. The van der Waals surface area contributed by atoms with Gasteiger partial charge >= 0.3 is 6.18 Å². The van der Waals surface area contributed by atoms with E-state index in [0.29, 0.717) is 10.8 Å². The quantitative estimate of drug-likeness (QED) is 0.281. The van der Waals surface area contributed by atoms with Crippen LogP contribution in [0, 0.1) is 13.8 Å². The minimum Gasteiger partial charge on any atom is -0.351 e. The Balaban J connectivity index is 1.66. The highest BCUT2D eigenvalue weighted by atomic mass is 32.1. The van der Waals surface area contributed by atoms with Crippen molar-refractivity contribution < 1.29 is 13.2 Å². The molecule has 4 aromatic rings. The smallest absolute Gasteiger partial charge is 0.351 e. The molecule has 4 nitrogen and oxygen atoms in total. The van der Waals surface area contributed by atoms with E-state index in [2.05, 4.69) is 46.4 Å². The van der Waals surface area contributed by atoms with Crippen molar-refractivity contribution in [2.75, 3.05) is 4.90 Å². The molecule has 1 fully saturated rings. The molecule has 0 saturated carbocycles. The van der Waals surface area contributed by atoms with Gasteiger partial charge in [-0.25, -0.2) is 0 Å². The molecule has 1 saturated heterocycles. The minimum atomic E-state index is -4.42. The Morgan fingerprint density at radius 1 is 0.946 bits per heavy atom. The van der Waals surface area contributed by atoms with Gasteiger partial charge in [-0.15, -0.1) is 0 Å². The van der Waals surface area contributed by atoms with Crippen molar-refractivity contribution in [3.8, 4) is 5.69 Å². The highest BCUT2D eigenvalue weighted by molar-refractivity contribution is 7.80. The van der Waals surface area contributed by atoms with Crippen LogP contribution in [0.1, 0.15) is 52.8 Å². The van der Waals surface area contributed by atoms with Crippen molar-refractivity contribution in [2.45, 2.75) is 45.5 Å². The fourth-order valence-corrected chi connectivity index (χ4v) is 5.49. The van der Waals surface area contributed by atoms with Crippen molar-refractivity contribution in [1.82, 2.24) is 14.9 Å². The lowest BCUT2D eigenvalue weighted by Gasteiger charge is -2.28. The van der Waals surface area contributed by atoms with Crippen LogP contribution in [0.5, 0.6) is 0 Å². The number of rotatable bonds is 5. The molecule has 37 heavy (non-hydrogen) atoms. The number of pyridine rings is 1. The molecule has 0 amide bonds. The number of anilines is 1. The maximum atomic E-state index is 13.5. The molecule has 1 aliphatic rings. The van der Waals surface area contributed by atoms with E-state index in [1.165, 1.54) is 17.7 Å². The molecule has 0 spiro atoms. The molecular weight excluding hydrogens is 493 g/mol. The maximum Gasteiger partial charge on any atom is 0.416 e. The van der Waals surface area contributed by atoms with Crippen LogP contribution in [0.2, 0.25) is 0 Å². The van der Waals surface area contributed by atoms with Gasteiger partial charge in [-0.3, -0.25) is 4.98 Å². The van der Waals surface area contributed by atoms with Gasteiger partial charge in [0.25, 0.3) is 0 Å². The van der Waals surface area contributed by atoms with Gasteiger partial charge < -0.3 is 14.8 Å². The first-order valence-electron chi connectivity index (χ1n) is 12.1. The van der Waals surface area contributed by atoms with Crippen LogP contribution < -0.4 is 10.2 Å². The molecule has 1 aliphatic heterocycles. The molecule has 190 valence electrons. The second kappa shape index (κ2) is 9.67. The van der Waals surface area contributed by atoms with Gasteiger partial charge in [-0.05, 0) is 92.1 Å². The van der Waals surface area contributed by atoms with Gasteiger partial charge in [0.2, 0.25) is 0 Å². The Morgan fingerprint density at radius 3 is 2.35 bits per heavy atom. The molecule has 2 aromatic carbocycles. The SMILES string of the molecule is CCc1ccc(N2C(=S)NC(c3ccccn3)C2c2cc(C)n(-c3cccc(C(F)(F)F)c3)c2C)cc1. The van der Waals surface area contributed by atoms with Crippen LogP contribution in [0.4, 0.5) is 18.9 Å². The molecule has 1 N–H and O–H groups in total. The Kier molecular flexibility index (Phi) is 6.54. The number of hydrogen-bond acceptors (Lipinski definition) is 2. The van der Waals surface area contributed by atoms with Gasteiger partial charge in [-0.1, -0.05) is 31.2 Å². The normalized spacial score (nSPS) is 17.8. The summed E-state index contributed by atoms with van der Waals surface area (Å²) in [4.78, 5) is 6.69. The predicted molar refractivity (Wildman–Crippen MR) is 144 cm³/mol. The molecule has 2 unspecified atom stereocenters. The van der Waals surface area contributed by atoms with Gasteiger partial charge in [0, 0.05) is 29.0 Å². The van der Waals surface area contributed by atoms with E-state index in [1.807, 2.05) is 42.7 Å². The number of benzene rings is 2. The third-order valence-electron chi connectivity index (χ3n) is 6.94. The highest BCUT2D eigenvalue weighted by Crippen LogP contribution is 2.44. The summed E-state index contributed by atoms with van der Waals surface area (Å²) < 4.78 is 42.3. The number of thiocarbonyl (C=S) groups is 1. The number of halogens is 3. The van der Waals surface area contributed by atoms with Crippen molar-refractivity contribution >= 4 is 23.0 Å². The third-order valence-corrected chi connectivity index (χ3v) is 7.26. The Morgan fingerprint density at radius 2 is 1.70 bits per heavy atom. The number of alkyl halides is 3. The van der Waals surface area contributed by atoms with E-state index >= 15 is 0 Å². The lowest BCUT2D eigenvalue weighted by Crippen LogP contribution is -2.29. The van der Waals surface area contributed by atoms with E-state index in [4.69, 9.17) is 12.2 Å². The monoisotopic (exact) mass is 520 g/mol. The molecule has 5 rings (SSSR count). The fourth-order valence-electron chi connectivity index (χ4n) is 5.15. The van der Waals surface area contributed by atoms with Gasteiger partial charge in [0.05, 0.1) is 23.3 Å². The maximum absolute atomic E-state index is 13.5. The summed E-state index contributed by atoms with van der Waals surface area (Å²) in [6, 6.07) is 21.1. The van der Waals surface area contributed by atoms with Crippen LogP contribution in [0.3, 0.4) is 0 Å². The molecule has 3 heterocycles. The second-order valence-corrected chi connectivity index (χ2v) is 9.61. The van der Waals surface area contributed by atoms with E-state index < -0.39 is 11.7 Å². The van der Waals surface area contributed by atoms with E-state index in [9.17, 15) is 13.2 Å². The van der Waals surface area contributed by atoms with Crippen LogP contribution in [-0.4, -0.2) is 14.7 Å². The van der Waals surface area contributed by atoms with Crippen LogP contribution in [-0.2, 0) is 12.6 Å². The topological polar surface area (TPSA) is 33.1 Å². The van der Waals surface area contributed by atoms with Gasteiger partial charge in [-0.2, -0.15) is 13.2 Å². The molecule has 8 heteroatoms. The standard InChI is InChI=1S/C29H27F3N4S/c1-4-20-11-13-22(14-12-20)36-27(26(34-28(36)37)25-10-5-6-15-33-25)24-16-18(2)35(19(24)3)23-9-7-8-21(17-23)29(30,31)32/h5-17,26-27H,4H2,1-3H3,(H,34,37). The van der Waals surface area contributed by atoms with Gasteiger partial charge in [0.15, 0.2) is 5.11 Å². The largest absolute Gasteiger partial charge is 0.416 e. The zero-order valence-electron chi connectivity index (χ0n) is 20.8. The summed E-state index contributed by atoms with van der Waals surface area (Å²) in [7, 11) is 0. The van der Waals surface area contributed by atoms with Gasteiger partial charge in [0.1, 0.15) is 0 Å². The number of aryl methyl sites for hydroxylation is 2. The zero-order valence-corrected chi connectivity index (χ0v) is 21.6. The first-order chi connectivity index (χ1) is 17.7. The summed E-state index contributed by atoms with van der Waals surface area (Å²) in [6.07, 6.45) is -1.73. The van der Waals surface area contributed by atoms with Crippen LogP contribution in [0.15, 0.2) is 79.0 Å². The average Bonchev–Trinajstić information content (AvgIpc) is 3.39. The van der Waals surface area contributed by atoms with E-state index in [0.717, 1.165) is 40.8 Å². The van der Waals surface area contributed by atoms with Crippen molar-refractivity contribution in [1.29, 1.82) is 0 Å². The van der Waals surface area contributed by atoms with Crippen molar-refractivity contribution in [3.05, 3.63) is 113 Å². The Bertz CT molecular complexity index is 1430. The minimum absolute atomic E-state index is 0.241. The van der Waals surface area contributed by atoms with Crippen molar-refractivity contribution in [2.24, 2.45) is 0 Å². The highest BCUT2D eigenvalue weighted by Gasteiger charge is 2.42. The van der Waals surface area contributed by atoms with Crippen LogP contribution in [0.25, 0.3) is 5.69 Å². The summed E-state index contributed by atoms with van der Waals surface area (Å²) in [5.74, 6) is 0. The first-order valence-corrected chi connectivity index (χ1v) is 12.6. The lowest BCUT2D eigenvalue weighted by atomic mass is 9.96. The zero-order chi connectivity index (χ0) is 26.3. The van der Waals surface area contributed by atoms with Crippen molar-refractivity contribution in [3.63, 3.8) is 0 Å². The molecule has 0 aliphatic carbocycles. The van der Waals surface area contributed by atoms with E-state index in [-0.39, 0.29) is 12.1 Å². The average molecular weight is 521 g/mol. The third kappa shape index (κ3) is 4.62. The number of aromatic nitrogens is 2. The summed E-state index contributed by atoms with van der Waals surface area (Å²) in [6.45, 7) is 5.96. The lowest BCUT2D eigenvalue weighted by molar-refractivity contribution is -0.137. The number of nitrogens with zero attached hydrogens (tertiary/aromatic N) is 3. The van der Waals surface area contributed by atoms with Crippen LogP contribution >= 0.6 is 12.2 Å². The molecule has 2 aromatic heterocycles.